The number of hydrogen-bond acceptors (Lipinski definition) is 4. The molecule has 0 radical (unpaired) electrons. The Morgan fingerprint density at radius 1 is 1.67 bits per heavy atom. The van der Waals surface area contributed by atoms with Crippen LogP contribution in [0.25, 0.3) is 0 Å². The summed E-state index contributed by atoms with van der Waals surface area (Å²) in [6.45, 7) is 4.11. The molecule has 0 aliphatic carbocycles. The van der Waals surface area contributed by atoms with Crippen molar-refractivity contribution in [3.63, 3.8) is 0 Å². The van der Waals surface area contributed by atoms with Gasteiger partial charge in [0.25, 0.3) is 0 Å². The Morgan fingerprint density at radius 3 is 2.87 bits per heavy atom. The predicted octanol–water partition coefficient (Wildman–Crippen LogP) is -0.0954. The van der Waals surface area contributed by atoms with E-state index in [2.05, 4.69) is 11.8 Å². The maximum absolute atomic E-state index is 12.3. The second-order valence-corrected chi connectivity index (χ2v) is 4.81. The van der Waals surface area contributed by atoms with Gasteiger partial charge in [0, 0.05) is 19.6 Å². The van der Waals surface area contributed by atoms with Crippen molar-refractivity contribution in [2.45, 2.75) is 18.9 Å². The van der Waals surface area contributed by atoms with Gasteiger partial charge in [0.2, 0.25) is 0 Å². The third-order valence-corrected chi connectivity index (χ3v) is 3.95. The second kappa shape index (κ2) is 3.85. The van der Waals surface area contributed by atoms with E-state index in [0.29, 0.717) is 12.5 Å². The lowest BCUT2D eigenvalue weighted by atomic mass is 9.69. The van der Waals surface area contributed by atoms with Crippen LogP contribution in [0.4, 0.5) is 0 Å². The summed E-state index contributed by atoms with van der Waals surface area (Å²) >= 11 is 0. The minimum Gasteiger partial charge on any atom is -0.394 e. The summed E-state index contributed by atoms with van der Waals surface area (Å²) in [6, 6.07) is 0. The molecule has 4 nitrogen and oxygen atoms in total. The standard InChI is InChI=1S/C11H19NO3/c1-8-5-12-4-3-9(8)10(14)11(12,6-13)7-15-2/h8-9,13H,3-7H2,1-2H3. The highest BCUT2D eigenvalue weighted by atomic mass is 16.5. The quantitative estimate of drug-likeness (QED) is 0.711. The van der Waals surface area contributed by atoms with Crippen molar-refractivity contribution in [2.75, 3.05) is 33.4 Å². The summed E-state index contributed by atoms with van der Waals surface area (Å²) in [5, 5.41) is 9.51. The van der Waals surface area contributed by atoms with Gasteiger partial charge in [-0.1, -0.05) is 6.92 Å². The van der Waals surface area contributed by atoms with Gasteiger partial charge in [-0.05, 0) is 18.9 Å². The van der Waals surface area contributed by atoms with Crippen molar-refractivity contribution in [2.24, 2.45) is 11.8 Å². The van der Waals surface area contributed by atoms with E-state index in [1.54, 1.807) is 7.11 Å². The van der Waals surface area contributed by atoms with Crippen molar-refractivity contribution in [3.05, 3.63) is 0 Å². The normalized spacial score (nSPS) is 44.7. The maximum atomic E-state index is 12.3. The number of aliphatic hydroxyl groups excluding tert-OH is 1. The lowest BCUT2D eigenvalue weighted by Crippen LogP contribution is -2.71. The van der Waals surface area contributed by atoms with E-state index >= 15 is 0 Å². The highest BCUT2D eigenvalue weighted by molar-refractivity contribution is 5.92. The van der Waals surface area contributed by atoms with Crippen molar-refractivity contribution in [1.82, 2.24) is 4.90 Å². The van der Waals surface area contributed by atoms with Gasteiger partial charge in [-0.15, -0.1) is 0 Å². The summed E-state index contributed by atoms with van der Waals surface area (Å²) < 4.78 is 5.11. The van der Waals surface area contributed by atoms with Crippen LogP contribution in [0.5, 0.6) is 0 Å². The smallest absolute Gasteiger partial charge is 0.161 e. The Hall–Kier alpha value is -0.450. The molecule has 4 heteroatoms. The molecule has 3 fully saturated rings. The van der Waals surface area contributed by atoms with Gasteiger partial charge in [0.05, 0.1) is 13.2 Å². The van der Waals surface area contributed by atoms with Crippen LogP contribution >= 0.6 is 0 Å². The molecule has 0 aromatic heterocycles. The van der Waals surface area contributed by atoms with Crippen LogP contribution in [0.15, 0.2) is 0 Å². The van der Waals surface area contributed by atoms with E-state index in [9.17, 15) is 9.90 Å². The van der Waals surface area contributed by atoms with Crippen LogP contribution in [0, 0.1) is 11.8 Å². The van der Waals surface area contributed by atoms with E-state index < -0.39 is 5.54 Å². The lowest BCUT2D eigenvalue weighted by molar-refractivity contribution is -0.163. The molecule has 86 valence electrons. The van der Waals surface area contributed by atoms with E-state index in [4.69, 9.17) is 4.74 Å². The number of piperidine rings is 3. The third-order valence-electron chi connectivity index (χ3n) is 3.95. The number of aliphatic hydroxyl groups is 1. The van der Waals surface area contributed by atoms with E-state index in [-0.39, 0.29) is 18.3 Å². The number of rotatable bonds is 3. The van der Waals surface area contributed by atoms with Gasteiger partial charge in [0.1, 0.15) is 5.54 Å². The van der Waals surface area contributed by atoms with Gasteiger partial charge in [-0.3, -0.25) is 9.69 Å². The Bertz CT molecular complexity index is 269. The topological polar surface area (TPSA) is 49.8 Å². The Morgan fingerprint density at radius 2 is 2.40 bits per heavy atom. The molecule has 0 aromatic carbocycles. The zero-order chi connectivity index (χ0) is 11.1. The molecule has 2 bridgehead atoms. The summed E-state index contributed by atoms with van der Waals surface area (Å²) in [4.78, 5) is 14.4. The third kappa shape index (κ3) is 1.43. The molecule has 4 atom stereocenters. The zero-order valence-corrected chi connectivity index (χ0v) is 9.40. The number of hydrogen-bond donors (Lipinski definition) is 1. The number of nitrogens with zero attached hydrogens (tertiary/aromatic N) is 1. The summed E-state index contributed by atoms with van der Waals surface area (Å²) in [7, 11) is 1.58. The SMILES string of the molecule is COCC1(CO)C(=O)C2CCN1CC2C. The summed E-state index contributed by atoms with van der Waals surface area (Å²) in [6.07, 6.45) is 0.936. The molecule has 0 aromatic rings. The van der Waals surface area contributed by atoms with Gasteiger partial charge in [-0.2, -0.15) is 0 Å². The van der Waals surface area contributed by atoms with Crippen molar-refractivity contribution >= 4 is 5.78 Å². The van der Waals surface area contributed by atoms with Crippen LogP contribution in [0.3, 0.4) is 0 Å². The first kappa shape index (κ1) is 11.0. The van der Waals surface area contributed by atoms with Crippen molar-refractivity contribution in [1.29, 1.82) is 0 Å². The van der Waals surface area contributed by atoms with Gasteiger partial charge in [-0.25, -0.2) is 0 Å². The van der Waals surface area contributed by atoms with Crippen molar-refractivity contribution in [3.8, 4) is 0 Å². The molecule has 15 heavy (non-hydrogen) atoms. The van der Waals surface area contributed by atoms with Crippen molar-refractivity contribution < 1.29 is 14.6 Å². The van der Waals surface area contributed by atoms with Crippen LogP contribution in [-0.4, -0.2) is 54.7 Å². The van der Waals surface area contributed by atoms with Gasteiger partial charge >= 0.3 is 0 Å². The fourth-order valence-corrected chi connectivity index (χ4v) is 3.05. The second-order valence-electron chi connectivity index (χ2n) is 4.81. The molecule has 3 rings (SSSR count). The summed E-state index contributed by atoms with van der Waals surface area (Å²) in [5.74, 6) is 0.719. The summed E-state index contributed by atoms with van der Waals surface area (Å²) in [5.41, 5.74) is -0.746. The monoisotopic (exact) mass is 213 g/mol. The fourth-order valence-electron chi connectivity index (χ4n) is 3.05. The maximum Gasteiger partial charge on any atom is 0.161 e. The van der Waals surface area contributed by atoms with Crippen LogP contribution in [0.2, 0.25) is 0 Å². The molecule has 0 spiro atoms. The largest absolute Gasteiger partial charge is 0.394 e. The number of ketones is 1. The number of fused-ring (bicyclic) bond motifs is 3. The molecule has 3 aliphatic rings. The lowest BCUT2D eigenvalue weighted by Gasteiger charge is -2.54. The van der Waals surface area contributed by atoms with E-state index in [0.717, 1.165) is 19.5 Å². The van der Waals surface area contributed by atoms with Gasteiger partial charge in [0.15, 0.2) is 5.78 Å². The van der Waals surface area contributed by atoms with E-state index in [1.807, 2.05) is 0 Å². The molecule has 3 heterocycles. The number of methoxy groups -OCH3 is 1. The molecule has 0 amide bonds. The average Bonchev–Trinajstić information content (AvgIpc) is 2.23. The molecular weight excluding hydrogens is 194 g/mol. The average molecular weight is 213 g/mol. The number of ether oxygens (including phenoxy) is 1. The molecule has 4 unspecified atom stereocenters. The molecule has 1 N–H and O–H groups in total. The predicted molar refractivity (Wildman–Crippen MR) is 55.5 cm³/mol. The Kier molecular flexibility index (Phi) is 2.83. The highest BCUT2D eigenvalue weighted by Gasteiger charge is 2.55. The minimum atomic E-state index is -0.746. The van der Waals surface area contributed by atoms with Crippen LogP contribution in [-0.2, 0) is 9.53 Å². The highest BCUT2D eigenvalue weighted by Crippen LogP contribution is 2.39. The number of Topliss-reactive ketones (excluding diaryl/α,β-unsaturated/α-hetero) is 1. The molecular formula is C11H19NO3. The van der Waals surface area contributed by atoms with Crippen LogP contribution < -0.4 is 0 Å². The first-order valence-corrected chi connectivity index (χ1v) is 5.55. The molecule has 3 saturated heterocycles. The number of carbonyl (C=O) groups excluding carboxylic acids is 1. The van der Waals surface area contributed by atoms with Gasteiger partial charge < -0.3 is 9.84 Å². The first-order valence-electron chi connectivity index (χ1n) is 5.55. The van der Waals surface area contributed by atoms with Crippen LogP contribution in [0.1, 0.15) is 13.3 Å². The zero-order valence-electron chi connectivity index (χ0n) is 9.40. The molecule has 3 aliphatic heterocycles. The number of carbonyl (C=O) groups is 1. The first-order chi connectivity index (χ1) is 7.15. The Labute approximate surface area is 90.2 Å². The minimum absolute atomic E-state index is 0.122. The Balaban J connectivity index is 2.29. The van der Waals surface area contributed by atoms with E-state index in [1.165, 1.54) is 0 Å². The molecule has 0 saturated carbocycles. The fraction of sp³-hybridized carbons (Fsp3) is 0.909.